The summed E-state index contributed by atoms with van der Waals surface area (Å²) in [5.74, 6) is -0.706. The van der Waals surface area contributed by atoms with E-state index in [0.29, 0.717) is 27.3 Å². The molecule has 0 saturated carbocycles. The molecule has 12 nitrogen and oxygen atoms in total. The Labute approximate surface area is 225 Å². The number of carbonyl (C=O) groups excluding carboxylic acids is 2. The normalized spacial score (nSPS) is 14.1. The van der Waals surface area contributed by atoms with E-state index in [1.165, 1.54) is 6.33 Å². The Kier molecular flexibility index (Phi) is 8.29. The predicted molar refractivity (Wildman–Crippen MR) is 144 cm³/mol. The first kappa shape index (κ1) is 29.2. The summed E-state index contributed by atoms with van der Waals surface area (Å²) in [7, 11) is -4.38. The van der Waals surface area contributed by atoms with Crippen molar-refractivity contribution in [2.45, 2.75) is 76.2 Å². The lowest BCUT2D eigenvalue weighted by molar-refractivity contribution is -0.129. The summed E-state index contributed by atoms with van der Waals surface area (Å²) in [5, 5.41) is 2.42. The highest BCUT2D eigenvalue weighted by atomic mass is 32.2. The molecule has 2 amide bonds. The molecule has 0 fully saturated rings. The third-order valence-electron chi connectivity index (χ3n) is 4.78. The van der Waals surface area contributed by atoms with Crippen LogP contribution in [-0.2, 0) is 24.3 Å². The largest absolute Gasteiger partial charge is 0.444 e. The van der Waals surface area contributed by atoms with Crippen LogP contribution < -0.4 is 15.8 Å². The number of anilines is 1. The Morgan fingerprint density at radius 2 is 1.74 bits per heavy atom. The second kappa shape index (κ2) is 10.8. The molecule has 0 unspecified atom stereocenters. The number of thiazole rings is 1. The number of hydrogen-bond donors (Lipinski definition) is 3. The number of nitrogens with two attached hydrogens (primary N) is 1. The molecule has 2 aromatic heterocycles. The zero-order chi connectivity index (χ0) is 28.5. The van der Waals surface area contributed by atoms with E-state index in [0.717, 1.165) is 11.3 Å². The third-order valence-corrected chi connectivity index (χ3v) is 7.54. The number of hydrogen-bond acceptors (Lipinski definition) is 11. The quantitative estimate of drug-likeness (QED) is 0.386. The van der Waals surface area contributed by atoms with Gasteiger partial charge in [0.2, 0.25) is 4.34 Å². The van der Waals surface area contributed by atoms with Crippen LogP contribution in [0.5, 0.6) is 0 Å². The fourth-order valence-electron chi connectivity index (χ4n) is 3.41. The van der Waals surface area contributed by atoms with E-state index < -0.39 is 45.4 Å². The van der Waals surface area contributed by atoms with Crippen molar-refractivity contribution in [3.63, 3.8) is 0 Å². The summed E-state index contributed by atoms with van der Waals surface area (Å²) >= 11 is 0.891. The van der Waals surface area contributed by atoms with E-state index in [2.05, 4.69) is 20.3 Å². The van der Waals surface area contributed by atoms with Gasteiger partial charge >= 0.3 is 6.09 Å². The molecule has 14 heteroatoms. The summed E-state index contributed by atoms with van der Waals surface area (Å²) in [5.41, 5.74) is 5.83. The molecule has 206 valence electrons. The van der Waals surface area contributed by atoms with Crippen LogP contribution in [0.15, 0.2) is 34.9 Å². The maximum absolute atomic E-state index is 13.2. The molecule has 38 heavy (non-hydrogen) atoms. The van der Waals surface area contributed by atoms with E-state index >= 15 is 0 Å². The number of alkyl carbamates (subject to hydrolysis) is 1. The van der Waals surface area contributed by atoms with Crippen LogP contribution in [-0.4, -0.2) is 58.7 Å². The third kappa shape index (κ3) is 7.82. The summed E-state index contributed by atoms with van der Waals surface area (Å²) < 4.78 is 39.6. The van der Waals surface area contributed by atoms with E-state index in [9.17, 15) is 18.0 Å². The second-order valence-corrected chi connectivity index (χ2v) is 13.4. The Bertz CT molecular complexity index is 1440. The van der Waals surface area contributed by atoms with Crippen molar-refractivity contribution < 1.29 is 27.5 Å². The number of sulfonamides is 1. The smallest absolute Gasteiger partial charge is 0.408 e. The van der Waals surface area contributed by atoms with Crippen LogP contribution in [0.25, 0.3) is 21.5 Å². The molecule has 0 aliphatic heterocycles. The van der Waals surface area contributed by atoms with Gasteiger partial charge < -0.3 is 20.5 Å². The van der Waals surface area contributed by atoms with Crippen LogP contribution in [0, 0.1) is 0 Å². The molecule has 0 aliphatic rings. The molecule has 3 rings (SSSR count). The second-order valence-electron chi connectivity index (χ2n) is 10.5. The average molecular weight is 565 g/mol. The minimum absolute atomic E-state index is 0.290. The van der Waals surface area contributed by atoms with Gasteiger partial charge in [-0.05, 0) is 60.6 Å². The highest BCUT2D eigenvalue weighted by Gasteiger charge is 2.35. The molecule has 0 aliphatic carbocycles. The minimum atomic E-state index is -4.38. The first-order chi connectivity index (χ1) is 17.4. The Balaban J connectivity index is 1.86. The first-order valence-corrected chi connectivity index (χ1v) is 14.0. The number of nitrogens with one attached hydrogen (secondary N) is 2. The summed E-state index contributed by atoms with van der Waals surface area (Å²) in [6.45, 7) is 11.9. The Morgan fingerprint density at radius 3 is 2.34 bits per heavy atom. The molecule has 0 spiro atoms. The molecular formula is C24H32N6O6S2. The molecule has 0 saturated heterocycles. The number of benzene rings is 1. The van der Waals surface area contributed by atoms with E-state index in [-0.39, 0.29) is 4.34 Å². The van der Waals surface area contributed by atoms with Crippen LogP contribution in [0.1, 0.15) is 48.5 Å². The van der Waals surface area contributed by atoms with Crippen molar-refractivity contribution >= 4 is 49.4 Å². The lowest BCUT2D eigenvalue weighted by Gasteiger charge is -2.31. The van der Waals surface area contributed by atoms with Crippen molar-refractivity contribution in [2.24, 2.45) is 0 Å². The lowest BCUT2D eigenvalue weighted by atomic mass is 10.1. The van der Waals surface area contributed by atoms with Crippen LogP contribution in [0.4, 0.5) is 10.6 Å². The monoisotopic (exact) mass is 564 g/mol. The number of aromatic nitrogens is 3. The van der Waals surface area contributed by atoms with Crippen LogP contribution >= 0.6 is 11.3 Å². The maximum atomic E-state index is 13.2. The number of carbonyl (C=O) groups is 2. The van der Waals surface area contributed by atoms with Gasteiger partial charge in [0.1, 0.15) is 23.8 Å². The zero-order valence-electron chi connectivity index (χ0n) is 22.2. The minimum Gasteiger partial charge on any atom is -0.444 e. The molecule has 2 heterocycles. The molecule has 3 aromatic rings. The molecule has 2 atom stereocenters. The van der Waals surface area contributed by atoms with Gasteiger partial charge in [0, 0.05) is 11.6 Å². The van der Waals surface area contributed by atoms with Crippen molar-refractivity contribution in [3.05, 3.63) is 30.6 Å². The fraction of sp³-hybridized carbons (Fsp3) is 0.458. The number of ether oxygens (including phenoxy) is 2. The average Bonchev–Trinajstić information content (AvgIpc) is 3.19. The highest BCUT2D eigenvalue weighted by molar-refractivity contribution is 7.92. The summed E-state index contributed by atoms with van der Waals surface area (Å²) in [4.78, 5) is 37.8. The van der Waals surface area contributed by atoms with E-state index in [1.54, 1.807) is 72.7 Å². The molecule has 0 bridgehead atoms. The van der Waals surface area contributed by atoms with Crippen LogP contribution in [0.2, 0.25) is 0 Å². The van der Waals surface area contributed by atoms with E-state index in [4.69, 9.17) is 15.2 Å². The first-order valence-electron chi connectivity index (χ1n) is 11.7. The van der Waals surface area contributed by atoms with Gasteiger partial charge in [-0.1, -0.05) is 6.07 Å². The van der Waals surface area contributed by atoms with Gasteiger partial charge in [0.25, 0.3) is 15.9 Å². The number of nitrogen functional groups attached to an aromatic ring is 1. The fourth-order valence-corrected chi connectivity index (χ4v) is 5.61. The number of fused-ring (bicyclic) bond motifs is 1. The van der Waals surface area contributed by atoms with Gasteiger partial charge in [-0.3, -0.25) is 4.79 Å². The molecular weight excluding hydrogens is 532 g/mol. The topological polar surface area (TPSA) is 175 Å². The Morgan fingerprint density at radius 1 is 1.05 bits per heavy atom. The van der Waals surface area contributed by atoms with Gasteiger partial charge in [-0.25, -0.2) is 24.5 Å². The molecule has 4 N–H and O–H groups in total. The Hall–Kier alpha value is -3.36. The van der Waals surface area contributed by atoms with Crippen molar-refractivity contribution in [2.75, 3.05) is 5.73 Å². The van der Waals surface area contributed by atoms with Gasteiger partial charge in [-0.15, -0.1) is 11.3 Å². The van der Waals surface area contributed by atoms with Gasteiger partial charge in [0.05, 0.1) is 27.6 Å². The number of amides is 2. The van der Waals surface area contributed by atoms with Crippen molar-refractivity contribution in [1.29, 1.82) is 0 Å². The van der Waals surface area contributed by atoms with E-state index in [1.807, 2.05) is 4.72 Å². The van der Waals surface area contributed by atoms with Gasteiger partial charge in [0.15, 0.2) is 0 Å². The van der Waals surface area contributed by atoms with Gasteiger partial charge in [-0.2, -0.15) is 8.42 Å². The number of nitrogens with zero attached hydrogens (tertiary/aromatic N) is 3. The lowest BCUT2D eigenvalue weighted by Crippen LogP contribution is -2.56. The molecule has 1 aromatic carbocycles. The standard InChI is InChI=1S/C24H32N6O6S2/c1-13(35-23(2,3)4)19(29-21(32)36-24(5,6)7)20(31)30-38(33,34)22-28-16-10-14(8-9-17(16)37-22)15-11-18(25)27-12-26-15/h8-13,19H,1-7H3,(H,29,32)(H,30,31)(H2,25,26,27)/t13-,19+/m1/s1. The maximum Gasteiger partial charge on any atom is 0.408 e. The van der Waals surface area contributed by atoms with Crippen molar-refractivity contribution in [3.8, 4) is 11.3 Å². The predicted octanol–water partition coefficient (Wildman–Crippen LogP) is 3.24. The zero-order valence-corrected chi connectivity index (χ0v) is 23.9. The number of rotatable bonds is 7. The highest BCUT2D eigenvalue weighted by Crippen LogP contribution is 2.29. The van der Waals surface area contributed by atoms with Crippen molar-refractivity contribution in [1.82, 2.24) is 25.0 Å². The molecule has 0 radical (unpaired) electrons. The van der Waals surface area contributed by atoms with Crippen LogP contribution in [0.3, 0.4) is 0 Å². The summed E-state index contributed by atoms with van der Waals surface area (Å²) in [6.07, 6.45) is -0.457. The summed E-state index contributed by atoms with van der Waals surface area (Å²) in [6, 6.07) is 5.34. The SMILES string of the molecule is C[C@@H](OC(C)(C)C)[C@H](NC(=O)OC(C)(C)C)C(=O)NS(=O)(=O)c1nc2cc(-c3cc(N)ncn3)ccc2s1.